The summed E-state index contributed by atoms with van der Waals surface area (Å²) in [6, 6.07) is 17.6. The SMILES string of the molecule is CN1C(=O)CC[C@@]2(C)C1CC[C@@H]1[C@H]2CC[C@]2(C)C(NC(=O)CCc3ccc(NC(=O)c4ccccc4)cc3)CC[C@@H]12. The fourth-order valence-electron chi connectivity index (χ4n) is 9.46. The quantitative estimate of drug-likeness (QED) is 0.444. The Labute approximate surface area is 244 Å². The molecule has 3 saturated carbocycles. The van der Waals surface area contributed by atoms with Crippen LogP contribution in [0.25, 0.3) is 0 Å². The van der Waals surface area contributed by atoms with Crippen LogP contribution < -0.4 is 10.6 Å². The first kappa shape index (κ1) is 28.0. The molecular formula is C35H45N3O3. The Morgan fingerprint density at radius 3 is 2.37 bits per heavy atom. The van der Waals surface area contributed by atoms with Gasteiger partial charge >= 0.3 is 0 Å². The minimum atomic E-state index is -0.126. The number of fused-ring (bicyclic) bond motifs is 5. The second-order valence-corrected chi connectivity index (χ2v) is 13.7. The van der Waals surface area contributed by atoms with Crippen molar-refractivity contribution < 1.29 is 14.4 Å². The number of benzene rings is 2. The maximum atomic E-state index is 13.1. The Morgan fingerprint density at radius 1 is 0.878 bits per heavy atom. The molecule has 6 rings (SSSR count). The number of aryl methyl sites for hydroxylation is 1. The Bertz CT molecular complexity index is 1290. The Balaban J connectivity index is 1.03. The van der Waals surface area contributed by atoms with Gasteiger partial charge in [0.2, 0.25) is 11.8 Å². The minimum Gasteiger partial charge on any atom is -0.353 e. The van der Waals surface area contributed by atoms with Crippen LogP contribution in [0.3, 0.4) is 0 Å². The number of anilines is 1. The van der Waals surface area contributed by atoms with Gasteiger partial charge in [-0.1, -0.05) is 44.2 Å². The zero-order chi connectivity index (χ0) is 28.8. The van der Waals surface area contributed by atoms with Crippen LogP contribution in [0.2, 0.25) is 0 Å². The highest BCUT2D eigenvalue weighted by molar-refractivity contribution is 6.04. The second kappa shape index (κ2) is 10.9. The van der Waals surface area contributed by atoms with E-state index in [1.54, 1.807) is 12.1 Å². The zero-order valence-corrected chi connectivity index (χ0v) is 24.8. The summed E-state index contributed by atoms with van der Waals surface area (Å²) in [6.45, 7) is 4.91. The van der Waals surface area contributed by atoms with Gasteiger partial charge in [-0.25, -0.2) is 0 Å². The van der Waals surface area contributed by atoms with Crippen LogP contribution in [0.5, 0.6) is 0 Å². The van der Waals surface area contributed by atoms with E-state index in [4.69, 9.17) is 0 Å². The van der Waals surface area contributed by atoms with Crippen molar-refractivity contribution in [3.05, 3.63) is 65.7 Å². The number of nitrogens with one attached hydrogen (secondary N) is 2. The summed E-state index contributed by atoms with van der Waals surface area (Å²) in [7, 11) is 2.02. The molecule has 0 radical (unpaired) electrons. The highest BCUT2D eigenvalue weighted by atomic mass is 16.2. The molecule has 6 heteroatoms. The Hall–Kier alpha value is -3.15. The average Bonchev–Trinajstić information content (AvgIpc) is 3.31. The second-order valence-electron chi connectivity index (χ2n) is 13.7. The van der Waals surface area contributed by atoms with Gasteiger partial charge in [0.1, 0.15) is 0 Å². The summed E-state index contributed by atoms with van der Waals surface area (Å²) in [5.74, 6) is 2.39. The van der Waals surface area contributed by atoms with Crippen molar-refractivity contribution in [3.63, 3.8) is 0 Å². The lowest BCUT2D eigenvalue weighted by Gasteiger charge is -2.61. The van der Waals surface area contributed by atoms with Gasteiger partial charge in [-0.2, -0.15) is 0 Å². The van der Waals surface area contributed by atoms with E-state index >= 15 is 0 Å². The predicted molar refractivity (Wildman–Crippen MR) is 161 cm³/mol. The number of rotatable bonds is 6. The van der Waals surface area contributed by atoms with Gasteiger partial charge in [0.05, 0.1) is 0 Å². The highest BCUT2D eigenvalue weighted by Gasteiger charge is 2.61. The maximum Gasteiger partial charge on any atom is 0.255 e. The molecule has 6 nitrogen and oxygen atoms in total. The number of hydrogen-bond donors (Lipinski definition) is 2. The lowest BCUT2D eigenvalue weighted by atomic mass is 9.47. The van der Waals surface area contributed by atoms with E-state index in [1.807, 2.05) is 49.5 Å². The molecule has 4 aliphatic rings. The molecule has 2 aromatic carbocycles. The largest absolute Gasteiger partial charge is 0.353 e. The van der Waals surface area contributed by atoms with Crippen LogP contribution in [0, 0.1) is 28.6 Å². The molecule has 0 spiro atoms. The van der Waals surface area contributed by atoms with Crippen molar-refractivity contribution in [3.8, 4) is 0 Å². The van der Waals surface area contributed by atoms with Gasteiger partial charge in [0.25, 0.3) is 5.91 Å². The number of nitrogens with zero attached hydrogens (tertiary/aromatic N) is 1. The van der Waals surface area contributed by atoms with Gasteiger partial charge in [0.15, 0.2) is 0 Å². The van der Waals surface area contributed by atoms with E-state index in [0.29, 0.717) is 54.5 Å². The van der Waals surface area contributed by atoms with Crippen LogP contribution in [-0.2, 0) is 16.0 Å². The summed E-state index contributed by atoms with van der Waals surface area (Å²) in [5.41, 5.74) is 2.87. The topological polar surface area (TPSA) is 78.5 Å². The molecule has 0 bridgehead atoms. The summed E-state index contributed by atoms with van der Waals surface area (Å²) in [4.78, 5) is 40.1. The van der Waals surface area contributed by atoms with E-state index < -0.39 is 0 Å². The third-order valence-corrected chi connectivity index (χ3v) is 11.8. The van der Waals surface area contributed by atoms with Gasteiger partial charge in [-0.3, -0.25) is 14.4 Å². The molecule has 3 amide bonds. The molecule has 41 heavy (non-hydrogen) atoms. The van der Waals surface area contributed by atoms with Crippen LogP contribution in [-0.4, -0.2) is 41.8 Å². The predicted octanol–water partition coefficient (Wildman–Crippen LogP) is 6.22. The molecule has 4 fully saturated rings. The number of carbonyl (C=O) groups is 3. The molecule has 0 aromatic heterocycles. The maximum absolute atomic E-state index is 13.1. The molecule has 218 valence electrons. The number of likely N-dealkylation sites (tertiary alicyclic amines) is 1. The van der Waals surface area contributed by atoms with Gasteiger partial charge in [-0.05, 0) is 110 Å². The lowest BCUT2D eigenvalue weighted by Crippen LogP contribution is -2.62. The third kappa shape index (κ3) is 5.08. The Morgan fingerprint density at radius 2 is 1.61 bits per heavy atom. The smallest absolute Gasteiger partial charge is 0.255 e. The van der Waals surface area contributed by atoms with Crippen LogP contribution in [0.4, 0.5) is 5.69 Å². The standard InChI is InChI=1S/C35H45N3O3/c1-34-21-19-28-26(14-17-30-35(28,2)22-20-32(40)38(30)3)27(34)15-16-29(34)37-31(39)18-11-23-9-12-25(13-10-23)36-33(41)24-7-5-4-6-8-24/h4-10,12-13,26-30H,11,14-22H2,1-3H3,(H,36,41)(H,37,39)/t26-,27-,28+,29?,30?,34-,35+/m0/s1. The van der Waals surface area contributed by atoms with Crippen LogP contribution in [0.1, 0.15) is 87.6 Å². The van der Waals surface area contributed by atoms with Crippen molar-refractivity contribution in [2.75, 3.05) is 12.4 Å². The highest BCUT2D eigenvalue weighted by Crippen LogP contribution is 2.64. The van der Waals surface area contributed by atoms with Crippen molar-refractivity contribution >= 4 is 23.4 Å². The molecule has 2 unspecified atom stereocenters. The summed E-state index contributed by atoms with van der Waals surface area (Å²) in [6.07, 6.45) is 9.88. The normalized spacial score (nSPS) is 34.3. The van der Waals surface area contributed by atoms with Crippen LogP contribution in [0.15, 0.2) is 54.6 Å². The van der Waals surface area contributed by atoms with Crippen molar-refractivity contribution in [2.24, 2.45) is 28.6 Å². The Kier molecular flexibility index (Phi) is 7.46. The monoisotopic (exact) mass is 555 g/mol. The minimum absolute atomic E-state index is 0.126. The van der Waals surface area contributed by atoms with Gasteiger partial charge in [-0.15, -0.1) is 0 Å². The first-order chi connectivity index (χ1) is 19.7. The van der Waals surface area contributed by atoms with E-state index in [0.717, 1.165) is 30.5 Å². The first-order valence-electron chi connectivity index (χ1n) is 15.7. The summed E-state index contributed by atoms with van der Waals surface area (Å²) < 4.78 is 0. The number of hydrogen-bond acceptors (Lipinski definition) is 3. The third-order valence-electron chi connectivity index (χ3n) is 11.8. The molecular weight excluding hydrogens is 510 g/mol. The molecule has 7 atom stereocenters. The summed E-state index contributed by atoms with van der Waals surface area (Å²) in [5, 5.41) is 6.40. The number of piperidine rings is 1. The fourth-order valence-corrected chi connectivity index (χ4v) is 9.46. The first-order valence-corrected chi connectivity index (χ1v) is 15.7. The average molecular weight is 556 g/mol. The molecule has 2 N–H and O–H groups in total. The summed E-state index contributed by atoms with van der Waals surface area (Å²) >= 11 is 0. The van der Waals surface area contributed by atoms with E-state index in [9.17, 15) is 14.4 Å². The van der Waals surface area contributed by atoms with Crippen molar-refractivity contribution in [1.82, 2.24) is 10.2 Å². The molecule has 1 heterocycles. The van der Waals surface area contributed by atoms with Crippen molar-refractivity contribution in [1.29, 1.82) is 0 Å². The number of carbonyl (C=O) groups excluding carboxylic acids is 3. The fraction of sp³-hybridized carbons (Fsp3) is 0.571. The van der Waals surface area contributed by atoms with Crippen molar-refractivity contribution in [2.45, 2.75) is 90.1 Å². The van der Waals surface area contributed by atoms with Gasteiger partial charge in [0, 0.05) is 43.2 Å². The van der Waals surface area contributed by atoms with E-state index in [-0.39, 0.29) is 28.7 Å². The van der Waals surface area contributed by atoms with E-state index in [2.05, 4.69) is 29.4 Å². The molecule has 2 aromatic rings. The van der Waals surface area contributed by atoms with E-state index in [1.165, 1.54) is 25.7 Å². The molecule has 1 aliphatic heterocycles. The van der Waals surface area contributed by atoms with Crippen LogP contribution >= 0.6 is 0 Å². The molecule has 3 aliphatic carbocycles. The molecule has 1 saturated heterocycles. The van der Waals surface area contributed by atoms with Gasteiger partial charge < -0.3 is 15.5 Å². The number of amides is 3. The zero-order valence-electron chi connectivity index (χ0n) is 24.8. The lowest BCUT2D eigenvalue weighted by molar-refractivity contribution is -0.157.